The van der Waals surface area contributed by atoms with Crippen LogP contribution in [0.5, 0.6) is 0 Å². The van der Waals surface area contributed by atoms with Crippen LogP contribution in [0.15, 0.2) is 36.7 Å². The molecule has 0 aliphatic carbocycles. The van der Waals surface area contributed by atoms with Crippen LogP contribution in [0.3, 0.4) is 0 Å². The van der Waals surface area contributed by atoms with E-state index in [1.54, 1.807) is 4.52 Å². The summed E-state index contributed by atoms with van der Waals surface area (Å²) >= 11 is 0. The molecule has 0 aromatic carbocycles. The molecule has 0 fully saturated rings. The van der Waals surface area contributed by atoms with Crippen molar-refractivity contribution < 1.29 is 0 Å². The number of rotatable bonds is 5. The lowest BCUT2D eigenvalue weighted by molar-refractivity contribution is 0.635. The molecule has 3 rings (SSSR count). The van der Waals surface area contributed by atoms with Gasteiger partial charge >= 0.3 is 0 Å². The Hall–Kier alpha value is -2.43. The normalized spacial score (nSPS) is 11.3. The summed E-state index contributed by atoms with van der Waals surface area (Å²) in [6.45, 7) is 7.05. The molecule has 0 unspecified atom stereocenters. The smallest absolute Gasteiger partial charge is 0.155 e. The molecule has 3 aromatic rings. The number of aryl methyl sites for hydroxylation is 1. The van der Waals surface area contributed by atoms with Gasteiger partial charge in [0.15, 0.2) is 5.65 Å². The maximum atomic E-state index is 4.52. The van der Waals surface area contributed by atoms with E-state index in [1.807, 2.05) is 31.5 Å². The number of nitrogens with zero attached hydrogens (tertiary/aromatic N) is 4. The Kier molecular flexibility index (Phi) is 4.04. The van der Waals surface area contributed by atoms with Crippen molar-refractivity contribution in [2.75, 3.05) is 5.32 Å². The molecule has 22 heavy (non-hydrogen) atoms. The van der Waals surface area contributed by atoms with E-state index in [4.69, 9.17) is 0 Å². The fourth-order valence-corrected chi connectivity index (χ4v) is 2.40. The van der Waals surface area contributed by atoms with Crippen molar-refractivity contribution in [3.63, 3.8) is 0 Å². The van der Waals surface area contributed by atoms with Crippen LogP contribution in [0.2, 0.25) is 0 Å². The first-order valence-electron chi connectivity index (χ1n) is 7.61. The highest BCUT2D eigenvalue weighted by atomic mass is 15.3. The number of nitrogens with one attached hydrogen (secondary N) is 1. The first-order valence-corrected chi connectivity index (χ1v) is 7.61. The fourth-order valence-electron chi connectivity index (χ4n) is 2.40. The molecule has 0 radical (unpaired) electrons. The van der Waals surface area contributed by atoms with E-state index in [2.05, 4.69) is 46.4 Å². The highest BCUT2D eigenvalue weighted by molar-refractivity contribution is 5.49. The minimum atomic E-state index is 0.634. The van der Waals surface area contributed by atoms with E-state index in [0.717, 1.165) is 35.8 Å². The predicted octanol–water partition coefficient (Wildman–Crippen LogP) is 3.24. The van der Waals surface area contributed by atoms with Crippen molar-refractivity contribution in [1.29, 1.82) is 0 Å². The number of fused-ring (bicyclic) bond motifs is 1. The predicted molar refractivity (Wildman–Crippen MR) is 87.8 cm³/mol. The number of aromatic nitrogens is 4. The van der Waals surface area contributed by atoms with Crippen molar-refractivity contribution in [2.24, 2.45) is 5.92 Å². The molecule has 0 atom stereocenters. The van der Waals surface area contributed by atoms with Crippen molar-refractivity contribution >= 4 is 11.3 Å². The van der Waals surface area contributed by atoms with Crippen LogP contribution >= 0.6 is 0 Å². The van der Waals surface area contributed by atoms with Crippen LogP contribution in [-0.4, -0.2) is 19.6 Å². The molecule has 0 aliphatic heterocycles. The molecule has 0 amide bonds. The zero-order valence-electron chi connectivity index (χ0n) is 13.2. The van der Waals surface area contributed by atoms with Crippen LogP contribution in [0.25, 0.3) is 5.65 Å². The van der Waals surface area contributed by atoms with Gasteiger partial charge in [0.2, 0.25) is 0 Å². The number of hydrogen-bond acceptors (Lipinski definition) is 4. The Balaban J connectivity index is 1.65. The number of hydrogen-bond donors (Lipinski definition) is 1. The zero-order chi connectivity index (χ0) is 15.5. The van der Waals surface area contributed by atoms with E-state index in [1.165, 1.54) is 5.56 Å². The molecule has 5 nitrogen and oxygen atoms in total. The van der Waals surface area contributed by atoms with Crippen LogP contribution in [0, 0.1) is 12.8 Å². The summed E-state index contributed by atoms with van der Waals surface area (Å²) < 4.78 is 1.79. The van der Waals surface area contributed by atoms with E-state index in [-0.39, 0.29) is 0 Å². The molecular formula is C17H21N5. The summed E-state index contributed by atoms with van der Waals surface area (Å²) in [5, 5.41) is 7.72. The van der Waals surface area contributed by atoms with Gasteiger partial charge in [0, 0.05) is 18.4 Å². The quantitative estimate of drug-likeness (QED) is 0.785. The highest BCUT2D eigenvalue weighted by Gasteiger charge is 2.02. The molecule has 3 aromatic heterocycles. The molecule has 0 saturated carbocycles. The van der Waals surface area contributed by atoms with Crippen molar-refractivity contribution in [3.8, 4) is 0 Å². The van der Waals surface area contributed by atoms with Gasteiger partial charge in [-0.25, -0.2) is 9.50 Å². The summed E-state index contributed by atoms with van der Waals surface area (Å²) in [5.41, 5.74) is 4.20. The average Bonchev–Trinajstić information content (AvgIpc) is 2.85. The Morgan fingerprint density at radius 1 is 1.18 bits per heavy atom. The van der Waals surface area contributed by atoms with Gasteiger partial charge in [-0.1, -0.05) is 19.9 Å². The molecule has 0 bridgehead atoms. The molecule has 114 valence electrons. The van der Waals surface area contributed by atoms with Gasteiger partial charge in [-0.05, 0) is 43.0 Å². The van der Waals surface area contributed by atoms with Crippen molar-refractivity contribution in [3.05, 3.63) is 53.7 Å². The fraction of sp³-hybridized carbons (Fsp3) is 0.353. The second-order valence-electron chi connectivity index (χ2n) is 5.99. The monoisotopic (exact) mass is 295 g/mol. The van der Waals surface area contributed by atoms with E-state index < -0.39 is 0 Å². The third kappa shape index (κ3) is 3.42. The third-order valence-corrected chi connectivity index (χ3v) is 3.44. The SMILES string of the molecule is Cc1nc2ccc(NCc3ccc(CC(C)C)nc3)cn2n1. The molecule has 1 N–H and O–H groups in total. The maximum absolute atomic E-state index is 4.52. The van der Waals surface area contributed by atoms with Gasteiger partial charge in [-0.3, -0.25) is 4.98 Å². The first-order chi connectivity index (χ1) is 10.6. The second-order valence-corrected chi connectivity index (χ2v) is 5.99. The molecule has 0 spiro atoms. The molecule has 3 heterocycles. The molecule has 0 saturated heterocycles. The van der Waals surface area contributed by atoms with E-state index >= 15 is 0 Å². The van der Waals surface area contributed by atoms with Gasteiger partial charge in [0.1, 0.15) is 5.82 Å². The van der Waals surface area contributed by atoms with E-state index in [0.29, 0.717) is 5.92 Å². The lowest BCUT2D eigenvalue weighted by atomic mass is 10.1. The minimum absolute atomic E-state index is 0.634. The van der Waals surface area contributed by atoms with Gasteiger partial charge in [0.25, 0.3) is 0 Å². The first kappa shape index (κ1) is 14.5. The van der Waals surface area contributed by atoms with Gasteiger partial charge < -0.3 is 5.32 Å². The molecule has 0 aliphatic rings. The summed E-state index contributed by atoms with van der Waals surface area (Å²) in [4.78, 5) is 8.84. The van der Waals surface area contributed by atoms with Crippen LogP contribution < -0.4 is 5.32 Å². The lowest BCUT2D eigenvalue weighted by Crippen LogP contribution is -2.03. The standard InChI is InChI=1S/C17H21N5/c1-12(2)8-15-5-4-14(9-18-15)10-19-16-6-7-17-20-13(3)21-22(17)11-16/h4-7,9,11-12,19H,8,10H2,1-3H3. The van der Waals surface area contributed by atoms with Gasteiger partial charge in [-0.15, -0.1) is 0 Å². The Bertz CT molecular complexity index is 758. The molecular weight excluding hydrogens is 274 g/mol. The molecule has 5 heteroatoms. The largest absolute Gasteiger partial charge is 0.380 e. The van der Waals surface area contributed by atoms with Crippen LogP contribution in [0.4, 0.5) is 5.69 Å². The number of pyridine rings is 2. The lowest BCUT2D eigenvalue weighted by Gasteiger charge is -2.08. The van der Waals surface area contributed by atoms with Gasteiger partial charge in [-0.2, -0.15) is 5.10 Å². The number of anilines is 1. The zero-order valence-corrected chi connectivity index (χ0v) is 13.2. The summed E-state index contributed by atoms with van der Waals surface area (Å²) in [6.07, 6.45) is 4.93. The Labute approximate surface area is 130 Å². The Morgan fingerprint density at radius 3 is 2.77 bits per heavy atom. The summed E-state index contributed by atoms with van der Waals surface area (Å²) in [6, 6.07) is 8.23. The maximum Gasteiger partial charge on any atom is 0.155 e. The van der Waals surface area contributed by atoms with Crippen molar-refractivity contribution in [2.45, 2.75) is 33.7 Å². The highest BCUT2D eigenvalue weighted by Crippen LogP contribution is 2.12. The Morgan fingerprint density at radius 2 is 2.05 bits per heavy atom. The van der Waals surface area contributed by atoms with Crippen LogP contribution in [0.1, 0.15) is 30.9 Å². The summed E-state index contributed by atoms with van der Waals surface area (Å²) in [5.74, 6) is 1.41. The minimum Gasteiger partial charge on any atom is -0.380 e. The van der Waals surface area contributed by atoms with Gasteiger partial charge in [0.05, 0.1) is 11.9 Å². The second kappa shape index (κ2) is 6.13. The third-order valence-electron chi connectivity index (χ3n) is 3.44. The topological polar surface area (TPSA) is 55.1 Å². The van der Waals surface area contributed by atoms with Crippen LogP contribution in [-0.2, 0) is 13.0 Å². The summed E-state index contributed by atoms with van der Waals surface area (Å²) in [7, 11) is 0. The van der Waals surface area contributed by atoms with Crippen molar-refractivity contribution in [1.82, 2.24) is 19.6 Å². The average molecular weight is 295 g/mol. The van der Waals surface area contributed by atoms with E-state index in [9.17, 15) is 0 Å².